The van der Waals surface area contributed by atoms with Crippen LogP contribution < -0.4 is 5.73 Å². The molecule has 1 heterocycles. The molecule has 1 aliphatic heterocycles. The Morgan fingerprint density at radius 3 is 2.53 bits per heavy atom. The van der Waals surface area contributed by atoms with Crippen LogP contribution in [-0.2, 0) is 4.74 Å². The molecule has 1 saturated heterocycles. The first-order chi connectivity index (χ1) is 9.24. The van der Waals surface area contributed by atoms with Gasteiger partial charge in [-0.25, -0.2) is 0 Å². The zero-order valence-corrected chi connectivity index (χ0v) is 12.9. The fourth-order valence-electron chi connectivity index (χ4n) is 4.22. The van der Waals surface area contributed by atoms with E-state index in [9.17, 15) is 0 Å². The molecule has 2 aliphatic rings. The normalized spacial score (nSPS) is 26.7. The van der Waals surface area contributed by atoms with E-state index < -0.39 is 0 Å². The Bertz CT molecular complexity index is 259. The van der Waals surface area contributed by atoms with Crippen molar-refractivity contribution in [1.29, 1.82) is 0 Å². The molecule has 0 radical (unpaired) electrons. The number of nitrogens with zero attached hydrogens (tertiary/aromatic N) is 1. The average molecular weight is 268 g/mol. The molecule has 1 saturated carbocycles. The average Bonchev–Trinajstić information content (AvgIpc) is 2.87. The summed E-state index contributed by atoms with van der Waals surface area (Å²) in [4.78, 5) is 2.70. The first kappa shape index (κ1) is 15.3. The molecular weight excluding hydrogens is 236 g/mol. The molecule has 3 nitrogen and oxygen atoms in total. The monoisotopic (exact) mass is 268 g/mol. The minimum absolute atomic E-state index is 0.224. The van der Waals surface area contributed by atoms with Crippen LogP contribution >= 0.6 is 0 Å². The quantitative estimate of drug-likeness (QED) is 0.805. The lowest BCUT2D eigenvalue weighted by Gasteiger charge is -2.45. The Morgan fingerprint density at radius 1 is 1.26 bits per heavy atom. The van der Waals surface area contributed by atoms with Crippen LogP contribution in [0, 0.1) is 0 Å². The maximum atomic E-state index is 6.17. The molecular formula is C16H32N2O. The lowest BCUT2D eigenvalue weighted by Crippen LogP contribution is -2.52. The third kappa shape index (κ3) is 3.50. The number of rotatable bonds is 6. The molecule has 2 N–H and O–H groups in total. The molecule has 0 aromatic rings. The van der Waals surface area contributed by atoms with Gasteiger partial charge in [0.1, 0.15) is 0 Å². The molecule has 2 fully saturated rings. The summed E-state index contributed by atoms with van der Waals surface area (Å²) >= 11 is 0. The highest BCUT2D eigenvalue weighted by molar-refractivity contribution is 4.95. The van der Waals surface area contributed by atoms with Crippen molar-refractivity contribution in [3.63, 3.8) is 0 Å². The summed E-state index contributed by atoms with van der Waals surface area (Å²) in [6.45, 7) is 7.39. The van der Waals surface area contributed by atoms with Crippen molar-refractivity contribution < 1.29 is 4.74 Å². The van der Waals surface area contributed by atoms with Gasteiger partial charge in [-0.05, 0) is 38.5 Å². The Morgan fingerprint density at radius 2 is 1.95 bits per heavy atom. The molecule has 0 aromatic carbocycles. The van der Waals surface area contributed by atoms with E-state index in [2.05, 4.69) is 18.7 Å². The molecule has 1 atom stereocenters. The van der Waals surface area contributed by atoms with Gasteiger partial charge in [0, 0.05) is 31.8 Å². The van der Waals surface area contributed by atoms with Gasteiger partial charge in [-0.2, -0.15) is 0 Å². The minimum Gasteiger partial charge on any atom is -0.375 e. The fourth-order valence-corrected chi connectivity index (χ4v) is 4.22. The molecule has 112 valence electrons. The molecule has 1 aliphatic carbocycles. The van der Waals surface area contributed by atoms with Gasteiger partial charge in [0.05, 0.1) is 5.60 Å². The first-order valence-electron chi connectivity index (χ1n) is 8.34. The van der Waals surface area contributed by atoms with Gasteiger partial charge in [0.15, 0.2) is 0 Å². The van der Waals surface area contributed by atoms with Crippen LogP contribution in [0.25, 0.3) is 0 Å². The standard InChI is InChI=1S/C16H32N2O/c1-3-14(4-2)18(11-10-17)15-7-12-19-16(13-15)8-5-6-9-16/h14-15H,3-13,17H2,1-2H3. The molecule has 2 rings (SSSR count). The van der Waals surface area contributed by atoms with E-state index >= 15 is 0 Å². The van der Waals surface area contributed by atoms with E-state index in [0.29, 0.717) is 12.1 Å². The molecule has 0 aromatic heterocycles. The minimum atomic E-state index is 0.224. The van der Waals surface area contributed by atoms with Crippen molar-refractivity contribution in [3.8, 4) is 0 Å². The largest absolute Gasteiger partial charge is 0.375 e. The highest BCUT2D eigenvalue weighted by Crippen LogP contribution is 2.41. The fraction of sp³-hybridized carbons (Fsp3) is 1.00. The molecule has 19 heavy (non-hydrogen) atoms. The van der Waals surface area contributed by atoms with E-state index in [1.165, 1.54) is 51.4 Å². The van der Waals surface area contributed by atoms with Crippen LogP contribution in [0.15, 0.2) is 0 Å². The second-order valence-electron chi connectivity index (χ2n) is 6.38. The van der Waals surface area contributed by atoms with E-state index in [4.69, 9.17) is 10.5 Å². The van der Waals surface area contributed by atoms with Gasteiger partial charge in [-0.15, -0.1) is 0 Å². The van der Waals surface area contributed by atoms with Crippen LogP contribution in [0.3, 0.4) is 0 Å². The van der Waals surface area contributed by atoms with Crippen LogP contribution in [-0.4, -0.2) is 42.3 Å². The summed E-state index contributed by atoms with van der Waals surface area (Å²) in [5.41, 5.74) is 6.08. The summed E-state index contributed by atoms with van der Waals surface area (Å²) in [6.07, 6.45) is 10.2. The summed E-state index contributed by atoms with van der Waals surface area (Å²) in [5, 5.41) is 0. The van der Waals surface area contributed by atoms with Gasteiger partial charge in [-0.3, -0.25) is 4.90 Å². The highest BCUT2D eigenvalue weighted by Gasteiger charge is 2.42. The molecule has 1 spiro atoms. The molecule has 3 heteroatoms. The Balaban J connectivity index is 2.03. The Kier molecular flexibility index (Phi) is 5.67. The SMILES string of the molecule is CCC(CC)N(CCN)C1CCOC2(CCCC2)C1. The van der Waals surface area contributed by atoms with E-state index in [-0.39, 0.29) is 5.60 Å². The Labute approximate surface area is 118 Å². The predicted octanol–water partition coefficient (Wildman–Crippen LogP) is 2.93. The third-order valence-corrected chi connectivity index (χ3v) is 5.25. The van der Waals surface area contributed by atoms with Gasteiger partial charge >= 0.3 is 0 Å². The van der Waals surface area contributed by atoms with Gasteiger partial charge in [0.25, 0.3) is 0 Å². The number of hydrogen-bond acceptors (Lipinski definition) is 3. The van der Waals surface area contributed by atoms with Crippen molar-refractivity contribution in [2.45, 2.75) is 82.9 Å². The van der Waals surface area contributed by atoms with Crippen LogP contribution in [0.2, 0.25) is 0 Å². The van der Waals surface area contributed by atoms with Crippen LogP contribution in [0.1, 0.15) is 65.2 Å². The van der Waals surface area contributed by atoms with Crippen molar-refractivity contribution >= 4 is 0 Å². The zero-order chi connectivity index (χ0) is 13.7. The lowest BCUT2D eigenvalue weighted by atomic mass is 9.87. The molecule has 0 amide bonds. The van der Waals surface area contributed by atoms with Crippen LogP contribution in [0.4, 0.5) is 0 Å². The Hall–Kier alpha value is -0.120. The smallest absolute Gasteiger partial charge is 0.0697 e. The third-order valence-electron chi connectivity index (χ3n) is 5.25. The predicted molar refractivity (Wildman–Crippen MR) is 80.3 cm³/mol. The van der Waals surface area contributed by atoms with Crippen molar-refractivity contribution in [2.75, 3.05) is 19.7 Å². The number of nitrogens with two attached hydrogens (primary N) is 1. The maximum absolute atomic E-state index is 6.17. The van der Waals surface area contributed by atoms with Crippen molar-refractivity contribution in [3.05, 3.63) is 0 Å². The summed E-state index contributed by atoms with van der Waals surface area (Å²) in [5.74, 6) is 0. The van der Waals surface area contributed by atoms with Gasteiger partial charge in [0.2, 0.25) is 0 Å². The van der Waals surface area contributed by atoms with Crippen LogP contribution in [0.5, 0.6) is 0 Å². The molecule has 0 bridgehead atoms. The second kappa shape index (κ2) is 7.05. The van der Waals surface area contributed by atoms with E-state index in [0.717, 1.165) is 19.7 Å². The highest BCUT2D eigenvalue weighted by atomic mass is 16.5. The summed E-state index contributed by atoms with van der Waals surface area (Å²) in [6, 6.07) is 1.39. The zero-order valence-electron chi connectivity index (χ0n) is 12.9. The summed E-state index contributed by atoms with van der Waals surface area (Å²) in [7, 11) is 0. The second-order valence-corrected chi connectivity index (χ2v) is 6.38. The maximum Gasteiger partial charge on any atom is 0.0697 e. The van der Waals surface area contributed by atoms with Crippen molar-refractivity contribution in [2.24, 2.45) is 5.73 Å². The van der Waals surface area contributed by atoms with Gasteiger partial charge in [-0.1, -0.05) is 26.7 Å². The lowest BCUT2D eigenvalue weighted by molar-refractivity contribution is -0.107. The van der Waals surface area contributed by atoms with E-state index in [1.807, 2.05) is 0 Å². The molecule has 1 unspecified atom stereocenters. The van der Waals surface area contributed by atoms with E-state index in [1.54, 1.807) is 0 Å². The number of hydrogen-bond donors (Lipinski definition) is 1. The van der Waals surface area contributed by atoms with Gasteiger partial charge < -0.3 is 10.5 Å². The number of ether oxygens (including phenoxy) is 1. The van der Waals surface area contributed by atoms with Crippen molar-refractivity contribution in [1.82, 2.24) is 4.90 Å². The summed E-state index contributed by atoms with van der Waals surface area (Å²) < 4.78 is 6.17. The topological polar surface area (TPSA) is 38.5 Å². The first-order valence-corrected chi connectivity index (χ1v) is 8.34.